The van der Waals surface area contributed by atoms with E-state index in [-0.39, 0.29) is 4.21 Å². The summed E-state index contributed by atoms with van der Waals surface area (Å²) in [6.45, 7) is 1.71. The summed E-state index contributed by atoms with van der Waals surface area (Å²) < 4.78 is 27.1. The Morgan fingerprint density at radius 1 is 1.07 bits per heavy atom. The van der Waals surface area contributed by atoms with E-state index in [1.54, 1.807) is 36.6 Å². The van der Waals surface area contributed by atoms with E-state index in [4.69, 9.17) is 23.2 Å². The molecule has 0 radical (unpaired) electrons. The van der Waals surface area contributed by atoms with Gasteiger partial charge in [-0.1, -0.05) is 35.3 Å². The van der Waals surface area contributed by atoms with E-state index in [1.807, 2.05) is 0 Å². The van der Waals surface area contributed by atoms with Crippen LogP contribution < -0.4 is 10.1 Å². The minimum Gasteiger partial charge on any atom is -0.279 e. The Balaban J connectivity index is 1.67. The number of carbonyl (C=O) groups excluding carboxylic acids is 1. The van der Waals surface area contributed by atoms with Gasteiger partial charge in [-0.3, -0.25) is 9.52 Å². The Kier molecular flexibility index (Phi) is 6.59. The molecule has 0 aliphatic heterocycles. The van der Waals surface area contributed by atoms with Crippen LogP contribution in [0, 0.1) is 0 Å². The van der Waals surface area contributed by atoms with Gasteiger partial charge >= 0.3 is 0 Å². The molecule has 3 rings (SSSR count). The lowest BCUT2D eigenvalue weighted by atomic mass is 10.1. The van der Waals surface area contributed by atoms with Crippen LogP contribution in [0.2, 0.25) is 10.0 Å². The van der Waals surface area contributed by atoms with Gasteiger partial charge in [0, 0.05) is 21.8 Å². The smallest absolute Gasteiger partial charge is 0.271 e. The standard InChI is InChI=1S/C19H15Cl2N3O3S2/c1-12(16-9-6-14(20)11-17(16)21)22-23-19(25)13-4-7-15(8-5-13)24-29(26,27)18-3-2-10-28-18/h2-11,24H,1H3,(H,23,25)/b22-12-. The summed E-state index contributed by atoms with van der Waals surface area (Å²) >= 11 is 13.1. The molecule has 2 N–H and O–H groups in total. The SMILES string of the molecule is C/C(=N/NC(=O)c1ccc(NS(=O)(=O)c2cccs2)cc1)c1ccc(Cl)cc1Cl. The third-order valence-electron chi connectivity index (χ3n) is 3.81. The van der Waals surface area contributed by atoms with Crippen molar-refractivity contribution in [3.05, 3.63) is 81.1 Å². The first-order chi connectivity index (χ1) is 13.8. The highest BCUT2D eigenvalue weighted by molar-refractivity contribution is 7.94. The van der Waals surface area contributed by atoms with E-state index in [0.29, 0.717) is 32.6 Å². The Labute approximate surface area is 182 Å². The van der Waals surface area contributed by atoms with E-state index >= 15 is 0 Å². The highest BCUT2D eigenvalue weighted by Gasteiger charge is 2.15. The van der Waals surface area contributed by atoms with E-state index in [2.05, 4.69) is 15.2 Å². The number of nitrogens with zero attached hydrogens (tertiary/aromatic N) is 1. The molecule has 10 heteroatoms. The van der Waals surface area contributed by atoms with Gasteiger partial charge < -0.3 is 0 Å². The van der Waals surface area contributed by atoms with Gasteiger partial charge in [0.2, 0.25) is 0 Å². The molecule has 0 aliphatic carbocycles. The number of hydrogen-bond acceptors (Lipinski definition) is 5. The fraction of sp³-hybridized carbons (Fsp3) is 0.0526. The number of thiophene rings is 1. The lowest BCUT2D eigenvalue weighted by molar-refractivity contribution is 0.0955. The molecule has 0 unspecified atom stereocenters. The van der Waals surface area contributed by atoms with Crippen molar-refractivity contribution >= 4 is 61.9 Å². The van der Waals surface area contributed by atoms with Gasteiger partial charge in [0.25, 0.3) is 15.9 Å². The average molecular weight is 468 g/mol. The maximum atomic E-state index is 12.3. The number of amides is 1. The summed E-state index contributed by atoms with van der Waals surface area (Å²) in [4.78, 5) is 12.3. The van der Waals surface area contributed by atoms with Gasteiger partial charge in [-0.2, -0.15) is 5.10 Å². The fourth-order valence-corrected chi connectivity index (χ4v) is 4.95. The first-order valence-electron chi connectivity index (χ1n) is 8.23. The molecule has 6 nitrogen and oxygen atoms in total. The van der Waals surface area contributed by atoms with Crippen molar-refractivity contribution < 1.29 is 13.2 Å². The summed E-state index contributed by atoms with van der Waals surface area (Å²) in [6, 6.07) is 14.2. The Morgan fingerprint density at radius 2 is 1.79 bits per heavy atom. The summed E-state index contributed by atoms with van der Waals surface area (Å²) in [5.74, 6) is -0.443. The minimum atomic E-state index is -3.64. The van der Waals surface area contributed by atoms with Gasteiger partial charge in [0.15, 0.2) is 0 Å². The van der Waals surface area contributed by atoms with Crippen LogP contribution in [0.25, 0.3) is 0 Å². The normalized spacial score (nSPS) is 11.9. The first kappa shape index (κ1) is 21.3. The third-order valence-corrected chi connectivity index (χ3v) is 7.13. The number of sulfonamides is 1. The Hall–Kier alpha value is -2.39. The lowest BCUT2D eigenvalue weighted by Crippen LogP contribution is -2.19. The molecule has 0 atom stereocenters. The summed E-state index contributed by atoms with van der Waals surface area (Å²) in [5.41, 5.74) is 4.28. The van der Waals surface area contributed by atoms with Crippen LogP contribution in [-0.2, 0) is 10.0 Å². The monoisotopic (exact) mass is 467 g/mol. The van der Waals surface area contributed by atoms with Gasteiger partial charge in [-0.15, -0.1) is 11.3 Å². The topological polar surface area (TPSA) is 87.6 Å². The number of benzene rings is 2. The molecule has 3 aromatic rings. The number of halogens is 2. The van der Waals surface area contributed by atoms with Crippen molar-refractivity contribution in [1.82, 2.24) is 5.43 Å². The molecule has 0 aliphatic rings. The summed E-state index contributed by atoms with van der Waals surface area (Å²) in [6.07, 6.45) is 0. The number of anilines is 1. The molecule has 0 fully saturated rings. The predicted octanol–water partition coefficient (Wildman–Crippen LogP) is 5.01. The zero-order chi connectivity index (χ0) is 21.0. The zero-order valence-electron chi connectivity index (χ0n) is 15.0. The number of nitrogens with one attached hydrogen (secondary N) is 2. The van der Waals surface area contributed by atoms with Crippen LogP contribution in [0.15, 0.2) is 69.3 Å². The second kappa shape index (κ2) is 8.96. The summed E-state index contributed by atoms with van der Waals surface area (Å²) in [5, 5.41) is 6.67. The molecular weight excluding hydrogens is 453 g/mol. The van der Waals surface area contributed by atoms with E-state index in [1.165, 1.54) is 30.3 Å². The molecule has 1 amide bonds. The van der Waals surface area contributed by atoms with Crippen molar-refractivity contribution in [3.63, 3.8) is 0 Å². The summed E-state index contributed by atoms with van der Waals surface area (Å²) in [7, 11) is -3.64. The van der Waals surface area contributed by atoms with Crippen molar-refractivity contribution in [3.8, 4) is 0 Å². The van der Waals surface area contributed by atoms with Gasteiger partial charge in [-0.25, -0.2) is 13.8 Å². The number of carbonyl (C=O) groups is 1. The number of rotatable bonds is 6. The Morgan fingerprint density at radius 3 is 2.41 bits per heavy atom. The molecule has 1 heterocycles. The molecule has 0 spiro atoms. The van der Waals surface area contributed by atoms with E-state index in [9.17, 15) is 13.2 Å². The van der Waals surface area contributed by atoms with Crippen LogP contribution >= 0.6 is 34.5 Å². The molecule has 150 valence electrons. The Bertz CT molecular complexity index is 1160. The number of hydrogen-bond donors (Lipinski definition) is 2. The lowest BCUT2D eigenvalue weighted by Gasteiger charge is -2.08. The maximum absolute atomic E-state index is 12.3. The first-order valence-corrected chi connectivity index (χ1v) is 11.3. The van der Waals surface area contributed by atoms with Crippen LogP contribution in [0.1, 0.15) is 22.8 Å². The van der Waals surface area contributed by atoms with E-state index < -0.39 is 15.9 Å². The molecule has 2 aromatic carbocycles. The zero-order valence-corrected chi connectivity index (χ0v) is 18.2. The van der Waals surface area contributed by atoms with Crippen LogP contribution in [0.5, 0.6) is 0 Å². The molecular formula is C19H15Cl2N3O3S2. The van der Waals surface area contributed by atoms with Gasteiger partial charge in [0.1, 0.15) is 4.21 Å². The number of hydrazone groups is 1. The van der Waals surface area contributed by atoms with Gasteiger partial charge in [-0.05, 0) is 54.8 Å². The maximum Gasteiger partial charge on any atom is 0.271 e. The largest absolute Gasteiger partial charge is 0.279 e. The third kappa shape index (κ3) is 5.36. The highest BCUT2D eigenvalue weighted by Crippen LogP contribution is 2.22. The highest BCUT2D eigenvalue weighted by atomic mass is 35.5. The minimum absolute atomic E-state index is 0.213. The quantitative estimate of drug-likeness (QED) is 0.394. The average Bonchev–Trinajstić information content (AvgIpc) is 3.22. The molecule has 0 bridgehead atoms. The second-order valence-corrected chi connectivity index (χ2v) is 9.58. The molecule has 1 aromatic heterocycles. The molecule has 0 saturated heterocycles. The van der Waals surface area contributed by atoms with Crippen molar-refractivity contribution in [2.24, 2.45) is 5.10 Å². The van der Waals surface area contributed by atoms with Crippen molar-refractivity contribution in [1.29, 1.82) is 0 Å². The fourth-order valence-electron chi connectivity index (χ4n) is 2.35. The predicted molar refractivity (Wildman–Crippen MR) is 118 cm³/mol. The van der Waals surface area contributed by atoms with E-state index in [0.717, 1.165) is 11.3 Å². The van der Waals surface area contributed by atoms with Crippen LogP contribution in [-0.4, -0.2) is 20.0 Å². The molecule has 0 saturated carbocycles. The van der Waals surface area contributed by atoms with Gasteiger partial charge in [0.05, 0.1) is 10.7 Å². The second-order valence-electron chi connectivity index (χ2n) is 5.88. The van der Waals surface area contributed by atoms with Crippen LogP contribution in [0.3, 0.4) is 0 Å². The molecule has 29 heavy (non-hydrogen) atoms. The van der Waals surface area contributed by atoms with Crippen molar-refractivity contribution in [2.45, 2.75) is 11.1 Å². The van der Waals surface area contributed by atoms with Crippen molar-refractivity contribution in [2.75, 3.05) is 4.72 Å². The van der Waals surface area contributed by atoms with Crippen LogP contribution in [0.4, 0.5) is 5.69 Å².